The van der Waals surface area contributed by atoms with E-state index in [1.54, 1.807) is 0 Å². The van der Waals surface area contributed by atoms with E-state index >= 15 is 0 Å². The average molecular weight is 249 g/mol. The topological polar surface area (TPSA) is 62.1 Å². The second-order valence-electron chi connectivity index (χ2n) is 5.04. The third-order valence-corrected chi connectivity index (χ3v) is 3.79. The number of likely N-dealkylation sites (tertiary alicyclic amines) is 1. The maximum atomic E-state index is 12.5. The fourth-order valence-electron chi connectivity index (χ4n) is 2.83. The van der Waals surface area contributed by atoms with Gasteiger partial charge in [0, 0.05) is 25.0 Å². The molecule has 1 saturated heterocycles. The van der Waals surface area contributed by atoms with Gasteiger partial charge in [-0.1, -0.05) is 13.3 Å². The number of H-pyrrole nitrogens is 1. The molecule has 3 N–H and O–H groups in total. The summed E-state index contributed by atoms with van der Waals surface area (Å²) in [5.74, 6) is 0.224. The number of amides is 1. The number of hydrogen-bond acceptors (Lipinski definition) is 2. The van der Waals surface area contributed by atoms with Crippen molar-refractivity contribution in [1.29, 1.82) is 0 Å². The molecule has 2 atom stereocenters. The molecule has 0 bridgehead atoms. The fourth-order valence-corrected chi connectivity index (χ4v) is 2.83. The molecule has 0 spiro atoms. The van der Waals surface area contributed by atoms with Gasteiger partial charge in [-0.05, 0) is 31.4 Å². The van der Waals surface area contributed by atoms with Gasteiger partial charge in [0.2, 0.25) is 5.91 Å². The molecule has 2 unspecified atom stereocenters. The fraction of sp³-hybridized carbons (Fsp3) is 0.643. The first kappa shape index (κ1) is 13.1. The molecule has 1 aromatic heterocycles. The van der Waals surface area contributed by atoms with Gasteiger partial charge >= 0.3 is 0 Å². The van der Waals surface area contributed by atoms with Crippen molar-refractivity contribution < 1.29 is 4.79 Å². The average Bonchev–Trinajstić information content (AvgIpc) is 3.03. The van der Waals surface area contributed by atoms with Crippen molar-refractivity contribution in [3.8, 4) is 0 Å². The van der Waals surface area contributed by atoms with E-state index in [1.165, 1.54) is 0 Å². The predicted molar refractivity (Wildman–Crippen MR) is 71.9 cm³/mol. The quantitative estimate of drug-likeness (QED) is 0.839. The molecular weight excluding hydrogens is 226 g/mol. The van der Waals surface area contributed by atoms with E-state index in [-0.39, 0.29) is 17.9 Å². The summed E-state index contributed by atoms with van der Waals surface area (Å²) in [5.41, 5.74) is 6.88. The van der Waals surface area contributed by atoms with Crippen molar-refractivity contribution >= 4 is 5.91 Å². The van der Waals surface area contributed by atoms with Crippen LogP contribution in [0.15, 0.2) is 18.3 Å². The van der Waals surface area contributed by atoms with Crippen LogP contribution in [0.25, 0.3) is 0 Å². The first-order chi connectivity index (χ1) is 8.77. The summed E-state index contributed by atoms with van der Waals surface area (Å²) in [4.78, 5) is 17.7. The van der Waals surface area contributed by atoms with Gasteiger partial charge in [-0.25, -0.2) is 0 Å². The Hall–Kier alpha value is -1.29. The van der Waals surface area contributed by atoms with Gasteiger partial charge in [0.15, 0.2) is 0 Å². The summed E-state index contributed by atoms with van der Waals surface area (Å²) in [6, 6.07) is 4.27. The Kier molecular flexibility index (Phi) is 4.42. The van der Waals surface area contributed by atoms with Gasteiger partial charge in [0.25, 0.3) is 0 Å². The van der Waals surface area contributed by atoms with Crippen LogP contribution in [0.1, 0.15) is 44.3 Å². The highest BCUT2D eigenvalue weighted by atomic mass is 16.2. The summed E-state index contributed by atoms with van der Waals surface area (Å²) in [6.07, 6.45) is 5.95. The molecule has 2 heterocycles. The smallest absolute Gasteiger partial charge is 0.227 e. The molecule has 0 radical (unpaired) electrons. The summed E-state index contributed by atoms with van der Waals surface area (Å²) in [7, 11) is 0. The number of aromatic amines is 1. The predicted octanol–water partition coefficient (Wildman–Crippen LogP) is 2.05. The van der Waals surface area contributed by atoms with Crippen LogP contribution in [-0.2, 0) is 4.79 Å². The Morgan fingerprint density at radius 1 is 1.67 bits per heavy atom. The lowest BCUT2D eigenvalue weighted by molar-refractivity contribution is -0.136. The molecule has 18 heavy (non-hydrogen) atoms. The highest BCUT2D eigenvalue weighted by molar-refractivity contribution is 5.79. The Balaban J connectivity index is 2.09. The zero-order chi connectivity index (χ0) is 13.0. The van der Waals surface area contributed by atoms with Crippen LogP contribution in [0.3, 0.4) is 0 Å². The number of nitrogens with zero attached hydrogens (tertiary/aromatic N) is 1. The third kappa shape index (κ3) is 2.58. The summed E-state index contributed by atoms with van der Waals surface area (Å²) < 4.78 is 0. The van der Waals surface area contributed by atoms with E-state index in [2.05, 4.69) is 18.0 Å². The molecule has 100 valence electrons. The lowest BCUT2D eigenvalue weighted by Crippen LogP contribution is -2.38. The van der Waals surface area contributed by atoms with Gasteiger partial charge in [-0.15, -0.1) is 0 Å². The third-order valence-electron chi connectivity index (χ3n) is 3.79. The molecule has 2 rings (SSSR count). The lowest BCUT2D eigenvalue weighted by Gasteiger charge is -2.28. The standard InChI is InChI=1S/C14H23N3O/c1-2-5-11(10-15)14(18)17-9-4-7-13(17)12-6-3-8-16-12/h3,6,8,11,13,16H,2,4-5,7,9-10,15H2,1H3. The number of hydrogen-bond donors (Lipinski definition) is 2. The normalized spacial score (nSPS) is 21.2. The number of nitrogens with one attached hydrogen (secondary N) is 1. The monoisotopic (exact) mass is 249 g/mol. The number of carbonyl (C=O) groups is 1. The van der Waals surface area contributed by atoms with Crippen LogP contribution in [0.2, 0.25) is 0 Å². The van der Waals surface area contributed by atoms with Gasteiger partial charge in [-0.2, -0.15) is 0 Å². The number of nitrogens with two attached hydrogens (primary N) is 1. The Morgan fingerprint density at radius 3 is 3.11 bits per heavy atom. The molecule has 0 aliphatic carbocycles. The maximum absolute atomic E-state index is 12.5. The second kappa shape index (κ2) is 6.05. The van der Waals surface area contributed by atoms with Gasteiger partial charge in [0.1, 0.15) is 0 Å². The summed E-state index contributed by atoms with van der Waals surface area (Å²) in [6.45, 7) is 3.42. The Labute approximate surface area is 109 Å². The largest absolute Gasteiger partial charge is 0.363 e. The van der Waals surface area contributed by atoms with E-state index in [9.17, 15) is 4.79 Å². The zero-order valence-corrected chi connectivity index (χ0v) is 11.1. The number of rotatable bonds is 5. The van der Waals surface area contributed by atoms with Crippen LogP contribution >= 0.6 is 0 Å². The van der Waals surface area contributed by atoms with Crippen molar-refractivity contribution in [2.75, 3.05) is 13.1 Å². The van der Waals surface area contributed by atoms with Crippen LogP contribution in [0.4, 0.5) is 0 Å². The molecule has 1 fully saturated rings. The SMILES string of the molecule is CCCC(CN)C(=O)N1CCCC1c1ccc[nH]1. The van der Waals surface area contributed by atoms with Crippen molar-refractivity contribution in [3.05, 3.63) is 24.0 Å². The Bertz CT molecular complexity index is 374. The molecule has 1 aromatic rings. The highest BCUT2D eigenvalue weighted by Gasteiger charge is 2.33. The molecule has 0 aromatic carbocycles. The minimum atomic E-state index is -0.00874. The number of carbonyl (C=O) groups excluding carboxylic acids is 1. The molecule has 0 saturated carbocycles. The van der Waals surface area contributed by atoms with Crippen molar-refractivity contribution in [2.45, 2.75) is 38.6 Å². The van der Waals surface area contributed by atoms with Gasteiger partial charge in [0.05, 0.1) is 12.0 Å². The van der Waals surface area contributed by atoms with E-state index in [0.717, 1.165) is 37.9 Å². The van der Waals surface area contributed by atoms with Crippen LogP contribution in [0.5, 0.6) is 0 Å². The number of aromatic nitrogens is 1. The van der Waals surface area contributed by atoms with Crippen LogP contribution < -0.4 is 5.73 Å². The first-order valence-electron chi connectivity index (χ1n) is 6.91. The Morgan fingerprint density at radius 2 is 2.50 bits per heavy atom. The molecule has 1 aliphatic rings. The molecule has 4 nitrogen and oxygen atoms in total. The second-order valence-corrected chi connectivity index (χ2v) is 5.04. The van der Waals surface area contributed by atoms with Gasteiger partial charge in [-0.3, -0.25) is 4.79 Å². The van der Waals surface area contributed by atoms with Crippen LogP contribution in [-0.4, -0.2) is 28.9 Å². The van der Waals surface area contributed by atoms with E-state index in [1.807, 2.05) is 17.2 Å². The van der Waals surface area contributed by atoms with E-state index in [4.69, 9.17) is 5.73 Å². The molecule has 1 amide bonds. The van der Waals surface area contributed by atoms with E-state index in [0.29, 0.717) is 6.54 Å². The minimum Gasteiger partial charge on any atom is -0.363 e. The van der Waals surface area contributed by atoms with E-state index < -0.39 is 0 Å². The first-order valence-corrected chi connectivity index (χ1v) is 6.91. The van der Waals surface area contributed by atoms with Crippen molar-refractivity contribution in [1.82, 2.24) is 9.88 Å². The molecule has 1 aliphatic heterocycles. The summed E-state index contributed by atoms with van der Waals surface area (Å²) in [5, 5.41) is 0. The highest BCUT2D eigenvalue weighted by Crippen LogP contribution is 2.32. The van der Waals surface area contributed by atoms with Crippen molar-refractivity contribution in [2.24, 2.45) is 11.7 Å². The molecular formula is C14H23N3O. The molecule has 4 heteroatoms. The summed E-state index contributed by atoms with van der Waals surface area (Å²) >= 11 is 0. The van der Waals surface area contributed by atoms with Crippen LogP contribution in [0, 0.1) is 5.92 Å². The lowest BCUT2D eigenvalue weighted by atomic mass is 10.0. The maximum Gasteiger partial charge on any atom is 0.227 e. The zero-order valence-electron chi connectivity index (χ0n) is 11.1. The minimum absolute atomic E-state index is 0.00874. The van der Waals surface area contributed by atoms with Gasteiger partial charge < -0.3 is 15.6 Å². The van der Waals surface area contributed by atoms with Crippen molar-refractivity contribution in [3.63, 3.8) is 0 Å².